The summed E-state index contributed by atoms with van der Waals surface area (Å²) in [7, 11) is -0.216. The summed E-state index contributed by atoms with van der Waals surface area (Å²) in [6.45, 7) is 0. The van der Waals surface area contributed by atoms with Crippen LogP contribution in [0.1, 0.15) is 31.7 Å². The van der Waals surface area contributed by atoms with Crippen LogP contribution in [0.3, 0.4) is 0 Å². The van der Waals surface area contributed by atoms with Gasteiger partial charge in [-0.1, -0.05) is 0 Å². The summed E-state index contributed by atoms with van der Waals surface area (Å²) >= 11 is -1.02. The van der Waals surface area contributed by atoms with Crippen molar-refractivity contribution in [1.29, 1.82) is 0 Å². The molecule has 1 unspecified atom stereocenters. The Bertz CT molecular complexity index is 3300. The molecule has 0 fully saturated rings. The Morgan fingerprint density at radius 1 is 0.519 bits per heavy atom. The molecule has 6 nitrogen and oxygen atoms in total. The molecule has 9 aromatic rings. The van der Waals surface area contributed by atoms with Crippen LogP contribution in [0, 0.1) is 0 Å². The predicted octanol–water partition coefficient (Wildman–Crippen LogP) is 6.75. The van der Waals surface area contributed by atoms with Gasteiger partial charge < -0.3 is 0 Å². The predicted molar refractivity (Wildman–Crippen MR) is 216 cm³/mol. The van der Waals surface area contributed by atoms with E-state index in [2.05, 4.69) is 134 Å². The Morgan fingerprint density at radius 2 is 1.04 bits per heavy atom. The van der Waals surface area contributed by atoms with Crippen molar-refractivity contribution in [3.05, 3.63) is 193 Å². The molecule has 0 aliphatic carbocycles. The average Bonchev–Trinajstić information content (AvgIpc) is 4.05. The third-order valence-electron chi connectivity index (χ3n) is 11.4. The van der Waals surface area contributed by atoms with Crippen molar-refractivity contribution < 1.29 is 14.0 Å². The number of aromatic nitrogens is 3. The first-order valence-corrected chi connectivity index (χ1v) is 21.9. The zero-order chi connectivity index (χ0) is 35.9. The summed E-state index contributed by atoms with van der Waals surface area (Å²) in [5, 5.41) is 4.07. The Morgan fingerprint density at radius 3 is 1.63 bits per heavy atom. The van der Waals surface area contributed by atoms with Crippen molar-refractivity contribution in [2.24, 2.45) is 0 Å². The average molecular weight is 831 g/mol. The van der Waals surface area contributed by atoms with Crippen LogP contribution in [0.4, 0.5) is 0 Å². The van der Waals surface area contributed by atoms with E-state index in [1.807, 2.05) is 24.3 Å². The molecule has 3 aliphatic heterocycles. The van der Waals surface area contributed by atoms with Crippen LogP contribution in [0.15, 0.2) is 146 Å². The van der Waals surface area contributed by atoms with Crippen molar-refractivity contribution in [2.75, 3.05) is 14.2 Å². The van der Waals surface area contributed by atoms with E-state index in [0.29, 0.717) is 0 Å². The van der Waals surface area contributed by atoms with Gasteiger partial charge >= 0.3 is 322 Å². The van der Waals surface area contributed by atoms with Crippen molar-refractivity contribution in [3.63, 3.8) is 0 Å². The molecule has 0 radical (unpaired) electrons. The summed E-state index contributed by atoms with van der Waals surface area (Å²) in [5.74, 6) is 1.59. The van der Waals surface area contributed by atoms with E-state index >= 15 is 4.57 Å². The minimum absolute atomic E-state index is 0.796. The topological polar surface area (TPSA) is 49.8 Å². The van der Waals surface area contributed by atoms with Gasteiger partial charge in [-0.25, -0.2) is 0 Å². The van der Waals surface area contributed by atoms with Crippen molar-refractivity contribution in [3.8, 4) is 22.6 Å². The van der Waals surface area contributed by atoms with Crippen molar-refractivity contribution in [1.82, 2.24) is 13.1 Å². The Balaban J connectivity index is 1.35. The van der Waals surface area contributed by atoms with E-state index in [9.17, 15) is 0 Å². The zero-order valence-corrected chi connectivity index (χ0v) is 32.5. The normalized spacial score (nSPS) is 16.4. The van der Waals surface area contributed by atoms with Gasteiger partial charge in [0, 0.05) is 0 Å². The third-order valence-corrected chi connectivity index (χ3v) is 18.3. The second-order valence-corrected chi connectivity index (χ2v) is 19.2. The molecule has 3 aliphatic rings. The second kappa shape index (κ2) is 10.9. The van der Waals surface area contributed by atoms with Crippen LogP contribution in [0.5, 0.6) is 11.5 Å². The number of methoxy groups -OCH3 is 2. The van der Waals surface area contributed by atoms with E-state index in [0.717, 1.165) is 83.1 Å². The number of benzene rings is 4. The van der Waals surface area contributed by atoms with Gasteiger partial charge in [-0.3, -0.25) is 0 Å². The zero-order valence-electron chi connectivity index (χ0n) is 29.3. The standard InChI is InChI=1S/C46H30N3O3PTe/c1-51-31-17-13-29(14-18-31)39-33-21-22-34-41(27-9-5-3-6-10-27)45-43(47(33)34)44-46(54-45)42(28-11-7-4-8-12-28)38-26-25-37-40(30-15-19-32(52-2)20-16-30)36-24-23-35(39)48(36)53(44,50)49(37)38/h3-26H,1-2H3. The first-order valence-electron chi connectivity index (χ1n) is 18.0. The molecule has 8 heteroatoms. The SMILES string of the molecule is COc1ccc(C2=c3ccc4n3P3(=O)c5c([te]c6c(-c7ccccc7)c7ccc(n7c56)=C(c5ccc(OC)cc5)c5ccc2n53)C=4c2ccccc2)cc1. The molecule has 0 bridgehead atoms. The van der Waals surface area contributed by atoms with E-state index in [1.54, 1.807) is 14.2 Å². The van der Waals surface area contributed by atoms with Gasteiger partial charge in [0.25, 0.3) is 0 Å². The van der Waals surface area contributed by atoms with Gasteiger partial charge in [0.1, 0.15) is 0 Å². The quantitative estimate of drug-likeness (QED) is 0.138. The van der Waals surface area contributed by atoms with Gasteiger partial charge in [-0.15, -0.1) is 0 Å². The van der Waals surface area contributed by atoms with Gasteiger partial charge in [-0.05, 0) is 0 Å². The van der Waals surface area contributed by atoms with Gasteiger partial charge in [0.2, 0.25) is 0 Å². The Hall–Kier alpha value is -5.70. The molecule has 8 heterocycles. The van der Waals surface area contributed by atoms with Crippen LogP contribution in [-0.4, -0.2) is 47.7 Å². The number of hydrogen-bond acceptors (Lipinski definition) is 3. The summed E-state index contributed by atoms with van der Waals surface area (Å²) in [5.41, 5.74) is 13.2. The first kappa shape index (κ1) is 30.7. The van der Waals surface area contributed by atoms with Crippen LogP contribution in [0.25, 0.3) is 42.3 Å². The van der Waals surface area contributed by atoms with Gasteiger partial charge in [0.15, 0.2) is 0 Å². The summed E-state index contributed by atoms with van der Waals surface area (Å²) in [6.07, 6.45) is 0. The van der Waals surface area contributed by atoms with Crippen LogP contribution < -0.4 is 30.8 Å². The molecule has 5 aromatic heterocycles. The second-order valence-electron chi connectivity index (χ2n) is 14.0. The summed E-state index contributed by atoms with van der Waals surface area (Å²) in [4.78, 5) is 0. The Labute approximate surface area is 319 Å². The van der Waals surface area contributed by atoms with E-state index in [-0.39, 0.29) is 0 Å². The van der Waals surface area contributed by atoms with Crippen molar-refractivity contribution >= 4 is 64.3 Å². The van der Waals surface area contributed by atoms with E-state index < -0.39 is 27.9 Å². The molecule has 0 saturated heterocycles. The number of hydrogen-bond donors (Lipinski definition) is 0. The van der Waals surface area contributed by atoms with Crippen LogP contribution in [0.2, 0.25) is 0 Å². The monoisotopic (exact) mass is 833 g/mol. The molecule has 4 aromatic carbocycles. The minimum atomic E-state index is -3.61. The maximum atomic E-state index is 17.3. The molecular weight excluding hydrogens is 801 g/mol. The van der Waals surface area contributed by atoms with Crippen molar-refractivity contribution in [2.45, 2.75) is 0 Å². The fourth-order valence-corrected chi connectivity index (χ4v) is 17.8. The molecular formula is C46H30N3O3PTe. The molecule has 54 heavy (non-hydrogen) atoms. The maximum absolute atomic E-state index is 17.3. The molecule has 0 saturated carbocycles. The summed E-state index contributed by atoms with van der Waals surface area (Å²) in [6, 6.07) is 51.4. The Kier molecular flexibility index (Phi) is 6.22. The van der Waals surface area contributed by atoms with Gasteiger partial charge in [-0.2, -0.15) is 0 Å². The van der Waals surface area contributed by atoms with Crippen LogP contribution in [-0.2, 0) is 4.57 Å². The number of ether oxygens (including phenoxy) is 2. The molecule has 0 N–H and O–H groups in total. The molecule has 0 amide bonds. The molecule has 12 rings (SSSR count). The van der Waals surface area contributed by atoms with E-state index in [4.69, 9.17) is 9.47 Å². The first-order chi connectivity index (χ1) is 26.6. The molecule has 1 atom stereocenters. The summed E-state index contributed by atoms with van der Waals surface area (Å²) < 4.78 is 38.1. The third kappa shape index (κ3) is 3.74. The van der Waals surface area contributed by atoms with Gasteiger partial charge in [0.05, 0.1) is 0 Å². The van der Waals surface area contributed by atoms with Crippen LogP contribution >= 0.6 is 7.44 Å². The number of rotatable bonds is 6. The fraction of sp³-hybridized carbons (Fsp3) is 0.0435. The molecule has 258 valence electrons. The van der Waals surface area contributed by atoms with E-state index in [1.165, 1.54) is 23.7 Å². The fourth-order valence-electron chi connectivity index (χ4n) is 9.16. The molecule has 0 spiro atoms. The number of nitrogens with zero attached hydrogens (tertiary/aromatic N) is 3.